The van der Waals surface area contributed by atoms with Crippen molar-refractivity contribution in [3.05, 3.63) is 71.3 Å². The van der Waals surface area contributed by atoms with Crippen LogP contribution in [-0.2, 0) is 7.05 Å². The standard InChI is InChI=1S/C20H16FN3O/c1-4-14-9-11-15(12-10-14)16-7-5-6-8-17(16)22-20(25)18-13(2)23-24(3)19(18)21/h1,5-12H,2-3H3,(H,22,25). The van der Waals surface area contributed by atoms with Crippen molar-refractivity contribution in [2.75, 3.05) is 5.32 Å². The summed E-state index contributed by atoms with van der Waals surface area (Å²) < 4.78 is 15.2. The third-order valence-corrected chi connectivity index (χ3v) is 3.92. The Kier molecular flexibility index (Phi) is 4.36. The van der Waals surface area contributed by atoms with Crippen LogP contribution in [-0.4, -0.2) is 15.7 Å². The normalized spacial score (nSPS) is 10.3. The summed E-state index contributed by atoms with van der Waals surface area (Å²) in [4.78, 5) is 12.5. The third kappa shape index (κ3) is 3.15. The SMILES string of the molecule is C#Cc1ccc(-c2ccccc2NC(=O)c2c(C)nn(C)c2F)cc1. The van der Waals surface area contributed by atoms with E-state index in [1.807, 2.05) is 36.4 Å². The van der Waals surface area contributed by atoms with E-state index in [1.165, 1.54) is 7.05 Å². The van der Waals surface area contributed by atoms with Crippen molar-refractivity contribution in [2.24, 2.45) is 7.05 Å². The van der Waals surface area contributed by atoms with Gasteiger partial charge in [0.15, 0.2) is 0 Å². The molecule has 0 aliphatic heterocycles. The highest BCUT2D eigenvalue weighted by atomic mass is 19.1. The van der Waals surface area contributed by atoms with Crippen LogP contribution in [0.3, 0.4) is 0 Å². The van der Waals surface area contributed by atoms with Gasteiger partial charge in [-0.2, -0.15) is 9.49 Å². The molecule has 1 aromatic heterocycles. The highest BCUT2D eigenvalue weighted by Crippen LogP contribution is 2.28. The number of para-hydroxylation sites is 1. The molecule has 5 heteroatoms. The fraction of sp³-hybridized carbons (Fsp3) is 0.100. The molecule has 0 radical (unpaired) electrons. The molecule has 4 nitrogen and oxygen atoms in total. The van der Waals surface area contributed by atoms with Gasteiger partial charge >= 0.3 is 0 Å². The lowest BCUT2D eigenvalue weighted by Gasteiger charge is -2.11. The number of aryl methyl sites for hydroxylation is 2. The van der Waals surface area contributed by atoms with Crippen molar-refractivity contribution < 1.29 is 9.18 Å². The van der Waals surface area contributed by atoms with Crippen LogP contribution in [0.2, 0.25) is 0 Å². The van der Waals surface area contributed by atoms with Gasteiger partial charge in [0.1, 0.15) is 5.56 Å². The van der Waals surface area contributed by atoms with Crippen LogP contribution in [0.15, 0.2) is 48.5 Å². The minimum atomic E-state index is -0.661. The summed E-state index contributed by atoms with van der Waals surface area (Å²) in [6.45, 7) is 1.60. The van der Waals surface area contributed by atoms with Crippen LogP contribution >= 0.6 is 0 Å². The van der Waals surface area contributed by atoms with Crippen molar-refractivity contribution in [2.45, 2.75) is 6.92 Å². The van der Waals surface area contributed by atoms with E-state index in [-0.39, 0.29) is 5.56 Å². The fourth-order valence-corrected chi connectivity index (χ4v) is 2.66. The van der Waals surface area contributed by atoms with Gasteiger partial charge in [-0.15, -0.1) is 6.42 Å². The molecule has 25 heavy (non-hydrogen) atoms. The van der Waals surface area contributed by atoms with Gasteiger partial charge in [0.2, 0.25) is 5.95 Å². The lowest BCUT2D eigenvalue weighted by molar-refractivity contribution is 0.102. The molecule has 1 N–H and O–H groups in total. The van der Waals surface area contributed by atoms with E-state index >= 15 is 0 Å². The van der Waals surface area contributed by atoms with Gasteiger partial charge in [-0.3, -0.25) is 4.79 Å². The molecular formula is C20H16FN3O. The van der Waals surface area contributed by atoms with E-state index in [2.05, 4.69) is 16.3 Å². The van der Waals surface area contributed by atoms with Crippen LogP contribution in [0.4, 0.5) is 10.1 Å². The average Bonchev–Trinajstić information content (AvgIpc) is 2.87. The number of hydrogen-bond acceptors (Lipinski definition) is 2. The summed E-state index contributed by atoms with van der Waals surface area (Å²) >= 11 is 0. The van der Waals surface area contributed by atoms with E-state index in [1.54, 1.807) is 19.1 Å². The molecule has 0 saturated heterocycles. The Hall–Kier alpha value is -3.39. The highest BCUT2D eigenvalue weighted by Gasteiger charge is 2.21. The number of carbonyl (C=O) groups is 1. The first-order chi connectivity index (χ1) is 12.0. The molecule has 0 bridgehead atoms. The van der Waals surface area contributed by atoms with Crippen molar-refractivity contribution in [1.29, 1.82) is 0 Å². The molecule has 1 heterocycles. The molecule has 0 atom stereocenters. The Bertz CT molecular complexity index is 981. The predicted octanol–water partition coefficient (Wildman–Crippen LogP) is 3.77. The van der Waals surface area contributed by atoms with Crippen LogP contribution in [0.5, 0.6) is 0 Å². The Labute approximate surface area is 145 Å². The maximum absolute atomic E-state index is 14.1. The second kappa shape index (κ2) is 6.62. The maximum atomic E-state index is 14.1. The summed E-state index contributed by atoms with van der Waals surface area (Å²) in [6.07, 6.45) is 5.38. The number of terminal acetylenes is 1. The largest absolute Gasteiger partial charge is 0.321 e. The first-order valence-corrected chi connectivity index (χ1v) is 7.67. The van der Waals surface area contributed by atoms with Gasteiger partial charge < -0.3 is 5.32 Å². The fourth-order valence-electron chi connectivity index (χ4n) is 2.66. The number of anilines is 1. The monoisotopic (exact) mass is 333 g/mol. The van der Waals surface area contributed by atoms with Crippen LogP contribution in [0.1, 0.15) is 21.6 Å². The minimum absolute atomic E-state index is 0.0556. The van der Waals surface area contributed by atoms with E-state index in [4.69, 9.17) is 6.42 Å². The Morgan fingerprint density at radius 2 is 1.88 bits per heavy atom. The zero-order valence-corrected chi connectivity index (χ0v) is 13.9. The molecule has 0 saturated carbocycles. The number of nitrogens with one attached hydrogen (secondary N) is 1. The smallest absolute Gasteiger partial charge is 0.262 e. The number of hydrogen-bond donors (Lipinski definition) is 1. The second-order valence-corrected chi connectivity index (χ2v) is 5.60. The van der Waals surface area contributed by atoms with E-state index in [0.717, 1.165) is 21.4 Å². The zero-order valence-electron chi connectivity index (χ0n) is 13.9. The molecule has 0 aliphatic carbocycles. The highest BCUT2D eigenvalue weighted by molar-refractivity contribution is 6.07. The van der Waals surface area contributed by atoms with E-state index in [9.17, 15) is 9.18 Å². The van der Waals surface area contributed by atoms with Crippen molar-refractivity contribution >= 4 is 11.6 Å². The molecule has 1 amide bonds. The molecule has 0 spiro atoms. The van der Waals surface area contributed by atoms with Gasteiger partial charge in [0.05, 0.1) is 5.69 Å². The minimum Gasteiger partial charge on any atom is -0.321 e. The van der Waals surface area contributed by atoms with Crippen LogP contribution < -0.4 is 5.32 Å². The van der Waals surface area contributed by atoms with Crippen LogP contribution in [0.25, 0.3) is 11.1 Å². The van der Waals surface area contributed by atoms with Crippen LogP contribution in [0, 0.1) is 25.2 Å². The molecule has 0 unspecified atom stereocenters. The average molecular weight is 333 g/mol. The zero-order chi connectivity index (χ0) is 18.0. The predicted molar refractivity (Wildman–Crippen MR) is 95.7 cm³/mol. The number of carbonyl (C=O) groups excluding carboxylic acids is 1. The first-order valence-electron chi connectivity index (χ1n) is 7.67. The lowest BCUT2D eigenvalue weighted by Crippen LogP contribution is -2.15. The molecular weight excluding hydrogens is 317 g/mol. The molecule has 0 aliphatic rings. The quantitative estimate of drug-likeness (QED) is 0.742. The Morgan fingerprint density at radius 1 is 1.20 bits per heavy atom. The van der Waals surface area contributed by atoms with Crippen molar-refractivity contribution in [3.63, 3.8) is 0 Å². The number of benzene rings is 2. The molecule has 2 aromatic carbocycles. The van der Waals surface area contributed by atoms with Gasteiger partial charge in [0, 0.05) is 23.9 Å². The molecule has 3 rings (SSSR count). The first kappa shape index (κ1) is 16.5. The van der Waals surface area contributed by atoms with Crippen molar-refractivity contribution in [3.8, 4) is 23.5 Å². The van der Waals surface area contributed by atoms with Gasteiger partial charge in [-0.25, -0.2) is 4.68 Å². The third-order valence-electron chi connectivity index (χ3n) is 3.92. The number of aromatic nitrogens is 2. The Balaban J connectivity index is 1.96. The number of nitrogens with zero attached hydrogens (tertiary/aromatic N) is 2. The summed E-state index contributed by atoms with van der Waals surface area (Å²) in [5.74, 6) is 1.38. The lowest BCUT2D eigenvalue weighted by atomic mass is 10.0. The molecule has 124 valence electrons. The van der Waals surface area contributed by atoms with Gasteiger partial charge in [-0.1, -0.05) is 36.3 Å². The summed E-state index contributed by atoms with van der Waals surface area (Å²) in [7, 11) is 1.46. The summed E-state index contributed by atoms with van der Waals surface area (Å²) in [5.41, 5.74) is 3.37. The van der Waals surface area contributed by atoms with E-state index in [0.29, 0.717) is 11.4 Å². The van der Waals surface area contributed by atoms with Gasteiger partial charge in [-0.05, 0) is 30.7 Å². The van der Waals surface area contributed by atoms with Crippen molar-refractivity contribution in [1.82, 2.24) is 9.78 Å². The number of halogens is 1. The Morgan fingerprint density at radius 3 is 2.48 bits per heavy atom. The second-order valence-electron chi connectivity index (χ2n) is 5.60. The van der Waals surface area contributed by atoms with E-state index < -0.39 is 11.9 Å². The molecule has 0 fully saturated rings. The summed E-state index contributed by atoms with van der Waals surface area (Å²) in [6, 6.07) is 14.8. The maximum Gasteiger partial charge on any atom is 0.262 e. The number of amides is 1. The number of rotatable bonds is 3. The summed E-state index contributed by atoms with van der Waals surface area (Å²) in [5, 5.41) is 6.71. The topological polar surface area (TPSA) is 46.9 Å². The molecule has 3 aromatic rings. The van der Waals surface area contributed by atoms with Gasteiger partial charge in [0.25, 0.3) is 5.91 Å².